The lowest BCUT2D eigenvalue weighted by Gasteiger charge is -2.22. The highest BCUT2D eigenvalue weighted by molar-refractivity contribution is 6.13. The molecule has 7 rings (SSSR count). The second kappa shape index (κ2) is 10.7. The van der Waals surface area contributed by atoms with Gasteiger partial charge in [0, 0.05) is 5.56 Å². The van der Waals surface area contributed by atoms with E-state index in [1.807, 2.05) is 36.4 Å². The van der Waals surface area contributed by atoms with E-state index in [2.05, 4.69) is 127 Å². The Kier molecular flexibility index (Phi) is 6.47. The monoisotopic (exact) mass is 524 g/mol. The summed E-state index contributed by atoms with van der Waals surface area (Å²) in [5, 5.41) is 4.67. The first-order valence-electron chi connectivity index (χ1n) is 14.0. The lowest BCUT2D eigenvalue weighted by molar-refractivity contribution is 0.0975. The molecule has 0 spiro atoms. The molecule has 41 heavy (non-hydrogen) atoms. The highest BCUT2D eigenvalue weighted by Crippen LogP contribution is 2.39. The van der Waals surface area contributed by atoms with Crippen molar-refractivity contribution in [2.45, 2.75) is 5.92 Å². The highest BCUT2D eigenvalue weighted by Gasteiger charge is 2.28. The topological polar surface area (TPSA) is 17.1 Å². The minimum absolute atomic E-state index is 0.0920. The van der Waals surface area contributed by atoms with Crippen molar-refractivity contribution in [3.8, 4) is 22.3 Å². The third-order valence-corrected chi connectivity index (χ3v) is 7.96. The fourth-order valence-electron chi connectivity index (χ4n) is 5.94. The number of fused-ring (bicyclic) bond motifs is 2. The van der Waals surface area contributed by atoms with Crippen molar-refractivity contribution < 1.29 is 4.79 Å². The number of carbonyl (C=O) groups is 1. The van der Waals surface area contributed by atoms with Crippen molar-refractivity contribution in [2.24, 2.45) is 0 Å². The molecular weight excluding hydrogens is 496 g/mol. The zero-order chi connectivity index (χ0) is 27.6. The Morgan fingerprint density at radius 1 is 0.390 bits per heavy atom. The summed E-state index contributed by atoms with van der Waals surface area (Å²) in [5.41, 5.74) is 6.69. The smallest absolute Gasteiger partial charge is 0.175 e. The van der Waals surface area contributed by atoms with Gasteiger partial charge in [-0.3, -0.25) is 4.79 Å². The van der Waals surface area contributed by atoms with E-state index in [1.165, 1.54) is 10.8 Å². The lowest BCUT2D eigenvalue weighted by Crippen LogP contribution is -2.16. The van der Waals surface area contributed by atoms with Crippen LogP contribution in [-0.2, 0) is 0 Å². The maximum absolute atomic E-state index is 15.1. The standard InChI is InChI=1S/C40H28O/c41-40(38(30-14-3-1-4-15-30)31-16-5-2-6-17-31)39-36(34-24-22-28-12-7-9-18-32(28)26-34)20-11-21-37(39)35-25-23-29-13-8-10-19-33(29)27-35/h1-27,38H. The predicted molar refractivity (Wildman–Crippen MR) is 171 cm³/mol. The van der Waals surface area contributed by atoms with Crippen molar-refractivity contribution in [2.75, 3.05) is 0 Å². The summed E-state index contributed by atoms with van der Waals surface area (Å²) in [6.07, 6.45) is 0. The Balaban J connectivity index is 1.49. The van der Waals surface area contributed by atoms with E-state index in [9.17, 15) is 0 Å². The van der Waals surface area contributed by atoms with Crippen LogP contribution in [0.1, 0.15) is 27.4 Å². The van der Waals surface area contributed by atoms with Crippen LogP contribution < -0.4 is 0 Å². The zero-order valence-electron chi connectivity index (χ0n) is 22.6. The maximum atomic E-state index is 15.1. The molecule has 0 atom stereocenters. The molecule has 0 fully saturated rings. The Labute approximate surface area is 240 Å². The minimum Gasteiger partial charge on any atom is -0.293 e. The molecule has 0 aliphatic rings. The maximum Gasteiger partial charge on any atom is 0.175 e. The second-order valence-electron chi connectivity index (χ2n) is 10.5. The summed E-state index contributed by atoms with van der Waals surface area (Å²) in [6.45, 7) is 0. The number of Topliss-reactive ketones (excluding diaryl/α,β-unsaturated/α-hetero) is 1. The molecule has 7 aromatic carbocycles. The molecule has 1 nitrogen and oxygen atoms in total. The summed E-state index contributed by atoms with van der Waals surface area (Å²) >= 11 is 0. The molecule has 7 aromatic rings. The molecule has 0 saturated carbocycles. The van der Waals surface area contributed by atoms with E-state index in [4.69, 9.17) is 0 Å². The van der Waals surface area contributed by atoms with Crippen LogP contribution >= 0.6 is 0 Å². The molecule has 0 N–H and O–H groups in total. The third kappa shape index (κ3) is 4.73. The quantitative estimate of drug-likeness (QED) is 0.198. The first-order valence-corrected chi connectivity index (χ1v) is 14.0. The van der Waals surface area contributed by atoms with E-state index in [0.717, 1.165) is 49.7 Å². The van der Waals surface area contributed by atoms with Crippen LogP contribution in [0.2, 0.25) is 0 Å². The van der Waals surface area contributed by atoms with Gasteiger partial charge in [-0.15, -0.1) is 0 Å². The van der Waals surface area contributed by atoms with Gasteiger partial charge in [-0.25, -0.2) is 0 Å². The molecule has 0 aliphatic heterocycles. The van der Waals surface area contributed by atoms with Gasteiger partial charge in [0.2, 0.25) is 0 Å². The molecule has 0 radical (unpaired) electrons. The molecule has 1 heteroatoms. The van der Waals surface area contributed by atoms with Crippen LogP contribution in [0, 0.1) is 0 Å². The largest absolute Gasteiger partial charge is 0.293 e. The van der Waals surface area contributed by atoms with E-state index < -0.39 is 5.92 Å². The summed E-state index contributed by atoms with van der Waals surface area (Å²) in [4.78, 5) is 15.1. The Morgan fingerprint density at radius 2 is 0.805 bits per heavy atom. The van der Waals surface area contributed by atoms with E-state index in [-0.39, 0.29) is 5.78 Å². The Bertz CT molecular complexity index is 1870. The van der Waals surface area contributed by atoms with Gasteiger partial charge in [0.25, 0.3) is 0 Å². The van der Waals surface area contributed by atoms with Crippen molar-refractivity contribution in [1.82, 2.24) is 0 Å². The Hall–Kier alpha value is -5.27. The van der Waals surface area contributed by atoms with Gasteiger partial charge in [-0.1, -0.05) is 152 Å². The third-order valence-electron chi connectivity index (χ3n) is 7.96. The average molecular weight is 525 g/mol. The van der Waals surface area contributed by atoms with Crippen molar-refractivity contribution in [3.05, 3.63) is 180 Å². The van der Waals surface area contributed by atoms with Crippen LogP contribution in [0.3, 0.4) is 0 Å². The highest BCUT2D eigenvalue weighted by atomic mass is 16.1. The van der Waals surface area contributed by atoms with Gasteiger partial charge in [-0.05, 0) is 67.1 Å². The molecule has 0 bridgehead atoms. The number of hydrogen-bond donors (Lipinski definition) is 0. The van der Waals surface area contributed by atoms with Gasteiger partial charge >= 0.3 is 0 Å². The van der Waals surface area contributed by atoms with Crippen LogP contribution in [0.15, 0.2) is 164 Å². The van der Waals surface area contributed by atoms with Crippen LogP contribution in [0.25, 0.3) is 43.8 Å². The number of benzene rings is 7. The molecular formula is C40H28O. The van der Waals surface area contributed by atoms with Crippen LogP contribution in [0.5, 0.6) is 0 Å². The zero-order valence-corrected chi connectivity index (χ0v) is 22.6. The first kappa shape index (κ1) is 24.7. The summed E-state index contributed by atoms with van der Waals surface area (Å²) in [6, 6.07) is 56.3. The van der Waals surface area contributed by atoms with Crippen molar-refractivity contribution in [1.29, 1.82) is 0 Å². The molecule has 0 heterocycles. The molecule has 0 aliphatic carbocycles. The normalized spacial score (nSPS) is 11.2. The molecule has 0 aromatic heterocycles. The van der Waals surface area contributed by atoms with Gasteiger partial charge in [0.15, 0.2) is 5.78 Å². The molecule has 194 valence electrons. The van der Waals surface area contributed by atoms with Gasteiger partial charge in [-0.2, -0.15) is 0 Å². The first-order chi connectivity index (χ1) is 20.3. The second-order valence-corrected chi connectivity index (χ2v) is 10.5. The predicted octanol–water partition coefficient (Wildman–Crippen LogP) is 10.3. The molecule has 0 unspecified atom stereocenters. The van der Waals surface area contributed by atoms with E-state index in [0.29, 0.717) is 0 Å². The summed E-state index contributed by atoms with van der Waals surface area (Å²) in [5.74, 6) is -0.340. The van der Waals surface area contributed by atoms with Gasteiger partial charge in [0.05, 0.1) is 5.92 Å². The Morgan fingerprint density at radius 3 is 1.27 bits per heavy atom. The average Bonchev–Trinajstić information content (AvgIpc) is 3.05. The molecule has 0 amide bonds. The number of ketones is 1. The fourth-order valence-corrected chi connectivity index (χ4v) is 5.94. The molecule has 0 saturated heterocycles. The van der Waals surface area contributed by atoms with Crippen molar-refractivity contribution >= 4 is 27.3 Å². The summed E-state index contributed by atoms with van der Waals surface area (Å²) in [7, 11) is 0. The summed E-state index contributed by atoms with van der Waals surface area (Å²) < 4.78 is 0. The fraction of sp³-hybridized carbons (Fsp3) is 0.0250. The van der Waals surface area contributed by atoms with Crippen LogP contribution in [0.4, 0.5) is 0 Å². The lowest BCUT2D eigenvalue weighted by atomic mass is 9.79. The number of rotatable bonds is 6. The van der Waals surface area contributed by atoms with Crippen molar-refractivity contribution in [3.63, 3.8) is 0 Å². The van der Waals surface area contributed by atoms with E-state index >= 15 is 4.79 Å². The van der Waals surface area contributed by atoms with Gasteiger partial charge in [0.1, 0.15) is 0 Å². The minimum atomic E-state index is -0.432. The number of carbonyl (C=O) groups excluding carboxylic acids is 1. The van der Waals surface area contributed by atoms with Crippen LogP contribution in [-0.4, -0.2) is 5.78 Å². The SMILES string of the molecule is O=C(c1c(-c2ccc3ccccc3c2)cccc1-c1ccc2ccccc2c1)C(c1ccccc1)c1ccccc1. The number of hydrogen-bond acceptors (Lipinski definition) is 1. The van der Waals surface area contributed by atoms with E-state index in [1.54, 1.807) is 0 Å². The van der Waals surface area contributed by atoms with Gasteiger partial charge < -0.3 is 0 Å².